The van der Waals surface area contributed by atoms with Crippen LogP contribution in [0.25, 0.3) is 11.7 Å². The summed E-state index contributed by atoms with van der Waals surface area (Å²) in [5.74, 6) is -0.219. The third-order valence-corrected chi connectivity index (χ3v) is 8.40. The van der Waals surface area contributed by atoms with Crippen LogP contribution in [0.2, 0.25) is 0 Å². The Balaban J connectivity index is 1.44. The number of hydrogen-bond acceptors (Lipinski definition) is 7. The zero-order valence-electron chi connectivity index (χ0n) is 23.4. The van der Waals surface area contributed by atoms with Crippen molar-refractivity contribution in [3.8, 4) is 11.6 Å². The van der Waals surface area contributed by atoms with E-state index in [1.54, 1.807) is 23.2 Å². The van der Waals surface area contributed by atoms with Gasteiger partial charge in [0.25, 0.3) is 11.5 Å². The zero-order chi connectivity index (χ0) is 29.4. The molecule has 0 unspecified atom stereocenters. The minimum Gasteiger partial charge on any atom is -0.481 e. The number of carbonyl (C=O) groups is 2. The van der Waals surface area contributed by atoms with E-state index in [9.17, 15) is 14.4 Å². The van der Waals surface area contributed by atoms with Crippen molar-refractivity contribution in [2.45, 2.75) is 71.6 Å². The van der Waals surface area contributed by atoms with E-state index < -0.39 is 5.97 Å². The van der Waals surface area contributed by atoms with Crippen LogP contribution in [0.3, 0.4) is 0 Å². The van der Waals surface area contributed by atoms with Crippen LogP contribution in [0.1, 0.15) is 74.5 Å². The van der Waals surface area contributed by atoms with E-state index in [0.717, 1.165) is 62.5 Å². The first-order valence-electron chi connectivity index (χ1n) is 14.0. The van der Waals surface area contributed by atoms with Gasteiger partial charge < -0.3 is 9.84 Å². The number of rotatable bonds is 14. The fourth-order valence-corrected chi connectivity index (χ4v) is 5.99. The number of nitrogens with zero attached hydrogens (tertiary/aromatic N) is 3. The molecule has 0 radical (unpaired) electrons. The average Bonchev–Trinajstić information content (AvgIpc) is 3.20. The number of amides is 1. The number of aromatic nitrogens is 2. The quantitative estimate of drug-likeness (QED) is 0.122. The number of carboxylic acid groups (broad SMARTS) is 1. The van der Waals surface area contributed by atoms with E-state index in [0.29, 0.717) is 27.2 Å². The van der Waals surface area contributed by atoms with Crippen LogP contribution in [-0.4, -0.2) is 42.1 Å². The molecule has 1 aliphatic rings. The number of benzene rings is 1. The summed E-state index contributed by atoms with van der Waals surface area (Å²) in [5, 5.41) is 8.70. The molecule has 3 aromatic rings. The fraction of sp³-hybridized carbons (Fsp3) is 0.387. The van der Waals surface area contributed by atoms with Gasteiger partial charge in [-0.25, -0.2) is 0 Å². The standard InChI is InChI=1S/C31H35N3O5S2/c1-21-14-10-11-16-24(21)39-28-23(29(37)33-19-13-15-22(2)27(33)32-28)20-25-30(38)34(31(40)41-25)18-12-8-6-4-3-5-7-9-17-26(35)36/h10-11,13-16,19-20H,3-9,12,17-18H2,1-2H3,(H,35,36)/b25-20+. The highest BCUT2D eigenvalue weighted by atomic mass is 32.2. The summed E-state index contributed by atoms with van der Waals surface area (Å²) < 4.78 is 8.11. The van der Waals surface area contributed by atoms with Crippen molar-refractivity contribution in [2.24, 2.45) is 0 Å². The molecule has 1 amide bonds. The average molecular weight is 594 g/mol. The van der Waals surface area contributed by atoms with Gasteiger partial charge in [0, 0.05) is 19.2 Å². The van der Waals surface area contributed by atoms with Gasteiger partial charge in [-0.1, -0.05) is 86.8 Å². The van der Waals surface area contributed by atoms with Crippen molar-refractivity contribution in [2.75, 3.05) is 6.54 Å². The van der Waals surface area contributed by atoms with Crippen molar-refractivity contribution in [3.05, 3.63) is 74.5 Å². The maximum atomic E-state index is 13.6. The molecule has 1 fully saturated rings. The molecule has 0 bridgehead atoms. The number of fused-ring (bicyclic) bond motifs is 1. The molecule has 0 atom stereocenters. The summed E-state index contributed by atoms with van der Waals surface area (Å²) in [7, 11) is 0. The predicted molar refractivity (Wildman–Crippen MR) is 167 cm³/mol. The highest BCUT2D eigenvalue weighted by Crippen LogP contribution is 2.35. The number of carbonyl (C=O) groups excluding carboxylic acids is 1. The van der Waals surface area contributed by atoms with E-state index in [1.165, 1.54) is 16.2 Å². The second-order valence-corrected chi connectivity index (χ2v) is 11.9. The molecule has 8 nitrogen and oxygen atoms in total. The molecule has 10 heteroatoms. The summed E-state index contributed by atoms with van der Waals surface area (Å²) in [6, 6.07) is 11.2. The minimum atomic E-state index is -0.733. The lowest BCUT2D eigenvalue weighted by Crippen LogP contribution is -2.29. The first kappa shape index (κ1) is 30.5. The molecule has 41 heavy (non-hydrogen) atoms. The molecule has 2 aromatic heterocycles. The Labute approximate surface area is 249 Å². The number of pyridine rings is 1. The number of aliphatic carboxylic acids is 1. The monoisotopic (exact) mass is 593 g/mol. The first-order chi connectivity index (χ1) is 19.8. The van der Waals surface area contributed by atoms with Crippen molar-refractivity contribution >= 4 is 51.9 Å². The largest absolute Gasteiger partial charge is 0.481 e. The topological polar surface area (TPSA) is 101 Å². The molecular weight excluding hydrogens is 558 g/mol. The number of unbranched alkanes of at least 4 members (excludes halogenated alkanes) is 7. The summed E-state index contributed by atoms with van der Waals surface area (Å²) >= 11 is 6.72. The summed E-state index contributed by atoms with van der Waals surface area (Å²) in [6.45, 7) is 4.33. The molecule has 1 aromatic carbocycles. The van der Waals surface area contributed by atoms with E-state index in [2.05, 4.69) is 4.98 Å². The molecule has 1 aliphatic heterocycles. The lowest BCUT2D eigenvalue weighted by Gasteiger charge is -2.14. The second-order valence-electron chi connectivity index (χ2n) is 10.2. The van der Waals surface area contributed by atoms with Crippen LogP contribution in [0.4, 0.5) is 0 Å². The Kier molecular flexibility index (Phi) is 10.7. The van der Waals surface area contributed by atoms with Gasteiger partial charge >= 0.3 is 5.97 Å². The Morgan fingerprint density at radius 1 is 0.976 bits per heavy atom. The minimum absolute atomic E-state index is 0.145. The van der Waals surface area contributed by atoms with Gasteiger partial charge in [0.15, 0.2) is 0 Å². The van der Waals surface area contributed by atoms with Gasteiger partial charge in [0.1, 0.15) is 21.3 Å². The third kappa shape index (κ3) is 7.83. The van der Waals surface area contributed by atoms with Gasteiger partial charge in [-0.05, 0) is 56.0 Å². The highest BCUT2D eigenvalue weighted by Gasteiger charge is 2.32. The van der Waals surface area contributed by atoms with Gasteiger partial charge in [0.2, 0.25) is 5.88 Å². The number of para-hydroxylation sites is 1. The smallest absolute Gasteiger partial charge is 0.303 e. The second kappa shape index (κ2) is 14.4. The van der Waals surface area contributed by atoms with Crippen LogP contribution in [0, 0.1) is 13.8 Å². The van der Waals surface area contributed by atoms with Gasteiger partial charge in [-0.3, -0.25) is 23.7 Å². The zero-order valence-corrected chi connectivity index (χ0v) is 25.1. The summed E-state index contributed by atoms with van der Waals surface area (Å²) in [4.78, 5) is 44.2. The van der Waals surface area contributed by atoms with E-state index in [4.69, 9.17) is 22.1 Å². The van der Waals surface area contributed by atoms with E-state index >= 15 is 0 Å². The Bertz CT molecular complexity index is 1530. The maximum Gasteiger partial charge on any atom is 0.303 e. The van der Waals surface area contributed by atoms with Crippen molar-refractivity contribution in [1.29, 1.82) is 0 Å². The first-order valence-corrected chi connectivity index (χ1v) is 15.2. The van der Waals surface area contributed by atoms with E-state index in [1.807, 2.05) is 44.2 Å². The molecule has 3 heterocycles. The number of ether oxygens (including phenoxy) is 1. The van der Waals surface area contributed by atoms with Crippen LogP contribution < -0.4 is 10.3 Å². The molecule has 4 rings (SSSR count). The van der Waals surface area contributed by atoms with Crippen LogP contribution in [-0.2, 0) is 9.59 Å². The molecular formula is C31H35N3O5S2. The number of hydrogen-bond donors (Lipinski definition) is 1. The fourth-order valence-electron chi connectivity index (χ4n) is 4.70. The lowest BCUT2D eigenvalue weighted by atomic mass is 10.1. The van der Waals surface area contributed by atoms with Gasteiger partial charge in [0.05, 0.1) is 4.91 Å². The van der Waals surface area contributed by atoms with Crippen molar-refractivity contribution < 1.29 is 19.4 Å². The van der Waals surface area contributed by atoms with E-state index in [-0.39, 0.29) is 29.3 Å². The van der Waals surface area contributed by atoms with Gasteiger partial charge in [-0.15, -0.1) is 0 Å². The predicted octanol–water partition coefficient (Wildman–Crippen LogP) is 6.90. The number of carboxylic acids is 1. The maximum absolute atomic E-state index is 13.6. The molecule has 1 saturated heterocycles. The molecule has 0 aliphatic carbocycles. The van der Waals surface area contributed by atoms with Gasteiger partial charge in [-0.2, -0.15) is 4.98 Å². The number of thiocarbonyl (C=S) groups is 1. The molecule has 0 saturated carbocycles. The third-order valence-electron chi connectivity index (χ3n) is 7.02. The number of aryl methyl sites for hydroxylation is 2. The SMILES string of the molecule is Cc1ccccc1Oc1nc2c(C)cccn2c(=O)c1/C=C1/SC(=S)N(CCCCCCCCCCC(=O)O)C1=O. The molecule has 0 spiro atoms. The highest BCUT2D eigenvalue weighted by molar-refractivity contribution is 8.26. The molecule has 1 N–H and O–H groups in total. The lowest BCUT2D eigenvalue weighted by molar-refractivity contribution is -0.137. The summed E-state index contributed by atoms with van der Waals surface area (Å²) in [5.41, 5.74) is 2.09. The van der Waals surface area contributed by atoms with Crippen LogP contribution in [0.15, 0.2) is 52.3 Å². The Morgan fingerprint density at radius 2 is 1.63 bits per heavy atom. The Morgan fingerprint density at radius 3 is 2.34 bits per heavy atom. The van der Waals surface area contributed by atoms with Crippen molar-refractivity contribution in [3.63, 3.8) is 0 Å². The van der Waals surface area contributed by atoms with Crippen LogP contribution in [0.5, 0.6) is 11.6 Å². The number of thioether (sulfide) groups is 1. The Hall–Kier alpha value is -3.50. The normalized spacial score (nSPS) is 14.4. The summed E-state index contributed by atoms with van der Waals surface area (Å²) in [6.07, 6.45) is 11.2. The van der Waals surface area contributed by atoms with Crippen molar-refractivity contribution in [1.82, 2.24) is 14.3 Å². The van der Waals surface area contributed by atoms with Crippen LogP contribution >= 0.6 is 24.0 Å². The molecule has 216 valence electrons.